The molecular formula is C20H21BFNS. The van der Waals surface area contributed by atoms with Gasteiger partial charge in [0.1, 0.15) is 7.85 Å². The summed E-state index contributed by atoms with van der Waals surface area (Å²) in [6.07, 6.45) is 4.77. The third-order valence-corrected chi connectivity index (χ3v) is 5.33. The van der Waals surface area contributed by atoms with E-state index in [0.29, 0.717) is 16.7 Å². The van der Waals surface area contributed by atoms with Gasteiger partial charge < -0.3 is 5.73 Å². The molecule has 0 amide bonds. The molecule has 0 bridgehead atoms. The Kier molecular flexibility index (Phi) is 5.21. The Bertz CT molecular complexity index is 784. The summed E-state index contributed by atoms with van der Waals surface area (Å²) in [4.78, 5) is 0. The van der Waals surface area contributed by atoms with Gasteiger partial charge in [-0.15, -0.1) is 0 Å². The van der Waals surface area contributed by atoms with Gasteiger partial charge in [0.25, 0.3) is 0 Å². The van der Waals surface area contributed by atoms with E-state index in [1.807, 2.05) is 12.1 Å². The van der Waals surface area contributed by atoms with E-state index in [1.54, 1.807) is 20.0 Å². The monoisotopic (exact) mass is 337 g/mol. The van der Waals surface area contributed by atoms with E-state index >= 15 is 0 Å². The molecule has 1 saturated carbocycles. The number of halogens is 1. The van der Waals surface area contributed by atoms with Gasteiger partial charge in [-0.05, 0) is 55.4 Å². The third-order valence-electron chi connectivity index (χ3n) is 4.82. The quantitative estimate of drug-likeness (QED) is 0.356. The summed E-state index contributed by atoms with van der Waals surface area (Å²) in [5.74, 6) is 6.12. The predicted molar refractivity (Wildman–Crippen MR) is 105 cm³/mol. The van der Waals surface area contributed by atoms with E-state index in [1.165, 1.54) is 31.2 Å². The molecule has 2 N–H and O–H groups in total. The van der Waals surface area contributed by atoms with Crippen LogP contribution in [0.15, 0.2) is 36.4 Å². The van der Waals surface area contributed by atoms with E-state index in [9.17, 15) is 4.39 Å². The molecule has 1 aliphatic carbocycles. The minimum absolute atomic E-state index is 0.178. The van der Waals surface area contributed by atoms with Crippen molar-refractivity contribution >= 4 is 31.6 Å². The van der Waals surface area contributed by atoms with Crippen LogP contribution in [0.1, 0.15) is 48.3 Å². The first-order chi connectivity index (χ1) is 11.5. The largest absolute Gasteiger partial charge is 0.397 e. The molecule has 3 rings (SSSR count). The smallest absolute Gasteiger partial charge is 0.161 e. The van der Waals surface area contributed by atoms with Crippen molar-refractivity contribution in [2.45, 2.75) is 36.9 Å². The number of anilines is 1. The normalized spacial score (nSPS) is 20.2. The molecule has 0 unspecified atom stereocenters. The van der Waals surface area contributed by atoms with Crippen molar-refractivity contribution in [1.29, 1.82) is 0 Å². The number of nitrogens with two attached hydrogens (primary N) is 1. The van der Waals surface area contributed by atoms with E-state index in [4.69, 9.17) is 5.73 Å². The molecule has 24 heavy (non-hydrogen) atoms. The molecule has 0 radical (unpaired) electrons. The summed E-state index contributed by atoms with van der Waals surface area (Å²) >= 11 is 4.56. The molecule has 122 valence electrons. The maximum atomic E-state index is 14.1. The van der Waals surface area contributed by atoms with Crippen LogP contribution in [0.4, 0.5) is 10.1 Å². The van der Waals surface area contributed by atoms with E-state index in [2.05, 4.69) is 36.6 Å². The molecule has 0 atom stereocenters. The maximum Gasteiger partial charge on any atom is 0.161 e. The van der Waals surface area contributed by atoms with Crippen molar-refractivity contribution in [1.82, 2.24) is 0 Å². The fraction of sp³-hybridized carbons (Fsp3) is 0.300. The van der Waals surface area contributed by atoms with Crippen LogP contribution in [0.5, 0.6) is 0 Å². The van der Waals surface area contributed by atoms with Gasteiger partial charge in [0.15, 0.2) is 5.82 Å². The highest BCUT2D eigenvalue weighted by Crippen LogP contribution is 2.34. The molecule has 0 spiro atoms. The van der Waals surface area contributed by atoms with Crippen LogP contribution in [0.3, 0.4) is 0 Å². The molecule has 0 aliphatic heterocycles. The van der Waals surface area contributed by atoms with Gasteiger partial charge in [0, 0.05) is 10.8 Å². The number of hydrogen-bond donors (Lipinski definition) is 2. The molecule has 2 aromatic rings. The summed E-state index contributed by atoms with van der Waals surface area (Å²) in [5, 5.41) is 0.559. The Balaban J connectivity index is 1.75. The highest BCUT2D eigenvalue weighted by atomic mass is 32.1. The van der Waals surface area contributed by atoms with Crippen molar-refractivity contribution in [2.75, 3.05) is 5.73 Å². The number of nitrogen functional groups attached to an aromatic ring is 1. The second-order valence-corrected chi connectivity index (χ2v) is 7.27. The second-order valence-electron chi connectivity index (χ2n) is 6.54. The summed E-state index contributed by atoms with van der Waals surface area (Å²) < 4.78 is 14.1. The fourth-order valence-electron chi connectivity index (χ4n) is 3.17. The zero-order valence-electron chi connectivity index (χ0n) is 13.8. The third kappa shape index (κ3) is 3.79. The van der Waals surface area contributed by atoms with Gasteiger partial charge in [-0.2, -0.15) is 12.6 Å². The lowest BCUT2D eigenvalue weighted by Gasteiger charge is -2.25. The summed E-state index contributed by atoms with van der Waals surface area (Å²) in [6, 6.07) is 11.8. The lowest BCUT2D eigenvalue weighted by Crippen LogP contribution is -2.12. The van der Waals surface area contributed by atoms with Gasteiger partial charge >= 0.3 is 0 Å². The van der Waals surface area contributed by atoms with Gasteiger partial charge in [0.05, 0.1) is 11.3 Å². The number of benzene rings is 2. The second kappa shape index (κ2) is 7.36. The Morgan fingerprint density at radius 3 is 2.33 bits per heavy atom. The summed E-state index contributed by atoms with van der Waals surface area (Å²) in [7, 11) is 1.79. The molecule has 1 aliphatic rings. The molecule has 1 nitrogen and oxygen atoms in total. The molecule has 0 saturated heterocycles. The van der Waals surface area contributed by atoms with Crippen LogP contribution in [-0.2, 0) is 0 Å². The van der Waals surface area contributed by atoms with Crippen LogP contribution in [0, 0.1) is 17.7 Å². The van der Waals surface area contributed by atoms with Crippen molar-refractivity contribution in [3.63, 3.8) is 0 Å². The Labute approximate surface area is 149 Å². The molecule has 4 heteroatoms. The van der Waals surface area contributed by atoms with Gasteiger partial charge in [-0.25, -0.2) is 4.39 Å². The maximum absolute atomic E-state index is 14.1. The molecule has 2 aromatic carbocycles. The first kappa shape index (κ1) is 17.0. The highest BCUT2D eigenvalue weighted by molar-refractivity contribution is 7.80. The van der Waals surface area contributed by atoms with Crippen LogP contribution >= 0.6 is 12.6 Å². The van der Waals surface area contributed by atoms with E-state index in [-0.39, 0.29) is 5.69 Å². The predicted octanol–water partition coefficient (Wildman–Crippen LogP) is 3.02. The van der Waals surface area contributed by atoms with Crippen molar-refractivity contribution in [2.24, 2.45) is 0 Å². The molecule has 0 aromatic heterocycles. The number of thiol groups is 1. The number of hydrogen-bond acceptors (Lipinski definition) is 2. The Morgan fingerprint density at radius 1 is 1.00 bits per heavy atom. The van der Waals surface area contributed by atoms with Crippen LogP contribution < -0.4 is 11.2 Å². The fourth-order valence-corrected chi connectivity index (χ4v) is 3.47. The van der Waals surface area contributed by atoms with Gasteiger partial charge in [0.2, 0.25) is 0 Å². The minimum atomic E-state index is -0.428. The topological polar surface area (TPSA) is 26.0 Å². The van der Waals surface area contributed by atoms with Crippen molar-refractivity contribution < 1.29 is 4.39 Å². The Morgan fingerprint density at radius 2 is 1.67 bits per heavy atom. The number of rotatable bonds is 1. The highest BCUT2D eigenvalue weighted by Gasteiger charge is 2.19. The molecule has 0 heterocycles. The molecule has 1 fully saturated rings. The average molecular weight is 337 g/mol. The lowest BCUT2D eigenvalue weighted by atomic mass is 9.83. The standard InChI is InChI=1S/C20H21BFNS/c21-18-12-9-16(19(22)20(18)23)6-3-13-1-4-14(5-2-13)15-7-10-17(24)11-8-15/h1-2,4-5,9,12,15,17,24H,7-8,10-11,21,23H2. The van der Waals surface area contributed by atoms with E-state index < -0.39 is 5.82 Å². The lowest BCUT2D eigenvalue weighted by molar-refractivity contribution is 0.454. The first-order valence-corrected chi connectivity index (χ1v) is 8.91. The van der Waals surface area contributed by atoms with Gasteiger partial charge in [-0.1, -0.05) is 35.5 Å². The van der Waals surface area contributed by atoms with Gasteiger partial charge in [-0.3, -0.25) is 0 Å². The van der Waals surface area contributed by atoms with Crippen LogP contribution in [-0.4, -0.2) is 13.1 Å². The van der Waals surface area contributed by atoms with Crippen molar-refractivity contribution in [3.05, 3.63) is 58.9 Å². The average Bonchev–Trinajstić information content (AvgIpc) is 2.60. The summed E-state index contributed by atoms with van der Waals surface area (Å²) in [5.41, 5.74) is 9.23. The molecular weight excluding hydrogens is 316 g/mol. The summed E-state index contributed by atoms with van der Waals surface area (Å²) in [6.45, 7) is 0. The Hall–Kier alpha value is -1.86. The zero-order valence-corrected chi connectivity index (χ0v) is 14.7. The van der Waals surface area contributed by atoms with Crippen LogP contribution in [0.2, 0.25) is 0 Å². The van der Waals surface area contributed by atoms with Crippen LogP contribution in [0.25, 0.3) is 0 Å². The minimum Gasteiger partial charge on any atom is -0.397 e. The SMILES string of the molecule is Bc1ccc(C#Cc2ccc(C3CCC(S)CC3)cc2)c(F)c1N. The van der Waals surface area contributed by atoms with E-state index in [0.717, 1.165) is 11.0 Å². The zero-order chi connectivity index (χ0) is 17.1. The first-order valence-electron chi connectivity index (χ1n) is 8.39. The van der Waals surface area contributed by atoms with Crippen molar-refractivity contribution in [3.8, 4) is 11.8 Å².